The van der Waals surface area contributed by atoms with E-state index in [2.05, 4.69) is 5.32 Å². The van der Waals surface area contributed by atoms with Gasteiger partial charge in [0.05, 0.1) is 5.92 Å². The number of hydrogen-bond acceptors (Lipinski definition) is 2. The second kappa shape index (κ2) is 7.09. The average molecular weight is 295 g/mol. The van der Waals surface area contributed by atoms with Crippen LogP contribution in [0.3, 0.4) is 0 Å². The van der Waals surface area contributed by atoms with Crippen LogP contribution in [0.2, 0.25) is 5.02 Å². The third-order valence-electron chi connectivity index (χ3n) is 4.04. The van der Waals surface area contributed by atoms with Gasteiger partial charge in [0.15, 0.2) is 0 Å². The van der Waals surface area contributed by atoms with E-state index >= 15 is 0 Å². The zero-order valence-electron chi connectivity index (χ0n) is 12.2. The van der Waals surface area contributed by atoms with E-state index in [1.807, 2.05) is 43.1 Å². The highest BCUT2D eigenvalue weighted by atomic mass is 35.5. The number of nitrogens with zero attached hydrogens (tertiary/aromatic N) is 1. The van der Waals surface area contributed by atoms with Crippen LogP contribution >= 0.6 is 11.6 Å². The van der Waals surface area contributed by atoms with Crippen LogP contribution in [-0.4, -0.2) is 37.5 Å². The third kappa shape index (κ3) is 3.74. The van der Waals surface area contributed by atoms with Crippen molar-refractivity contribution in [3.05, 3.63) is 34.9 Å². The largest absolute Gasteiger partial charge is 0.342 e. The summed E-state index contributed by atoms with van der Waals surface area (Å²) in [7, 11) is 1.97. The molecule has 1 heterocycles. The van der Waals surface area contributed by atoms with E-state index in [1.165, 1.54) is 6.42 Å². The number of benzene rings is 1. The number of carbonyl (C=O) groups excluding carboxylic acids is 1. The molecule has 2 unspecified atom stereocenters. The van der Waals surface area contributed by atoms with Crippen LogP contribution in [0.4, 0.5) is 0 Å². The summed E-state index contributed by atoms with van der Waals surface area (Å²) in [6.07, 6.45) is 2.30. The molecule has 3 nitrogen and oxygen atoms in total. The number of halogens is 1. The number of amides is 1. The Hall–Kier alpha value is -1.06. The van der Waals surface area contributed by atoms with Gasteiger partial charge >= 0.3 is 0 Å². The molecule has 4 heteroatoms. The summed E-state index contributed by atoms with van der Waals surface area (Å²) in [6.45, 7) is 4.69. The molecule has 20 heavy (non-hydrogen) atoms. The summed E-state index contributed by atoms with van der Waals surface area (Å²) in [5.41, 5.74) is 0.998. The average Bonchev–Trinajstić information content (AvgIpc) is 2.46. The Morgan fingerprint density at radius 1 is 1.55 bits per heavy atom. The molecular formula is C16H23ClN2O. The Balaban J connectivity index is 2.03. The number of piperidine rings is 1. The Kier molecular flexibility index (Phi) is 5.44. The zero-order chi connectivity index (χ0) is 14.5. The molecule has 0 radical (unpaired) electrons. The van der Waals surface area contributed by atoms with Gasteiger partial charge in [0.2, 0.25) is 5.91 Å². The Morgan fingerprint density at radius 3 is 3.05 bits per heavy atom. The van der Waals surface area contributed by atoms with E-state index in [1.54, 1.807) is 0 Å². The molecule has 0 aliphatic carbocycles. The van der Waals surface area contributed by atoms with E-state index in [0.717, 1.165) is 31.6 Å². The fourth-order valence-electron chi connectivity index (χ4n) is 2.91. The fraction of sp³-hybridized carbons (Fsp3) is 0.562. The van der Waals surface area contributed by atoms with Gasteiger partial charge in [0, 0.05) is 18.1 Å². The highest BCUT2D eigenvalue weighted by molar-refractivity contribution is 6.30. The lowest BCUT2D eigenvalue weighted by Gasteiger charge is -2.34. The maximum Gasteiger partial charge on any atom is 0.229 e. The monoisotopic (exact) mass is 294 g/mol. The summed E-state index contributed by atoms with van der Waals surface area (Å²) < 4.78 is 0. The summed E-state index contributed by atoms with van der Waals surface area (Å²) in [5.74, 6) is 0.666. The van der Waals surface area contributed by atoms with Crippen molar-refractivity contribution >= 4 is 17.5 Å². The minimum Gasteiger partial charge on any atom is -0.342 e. The molecule has 1 saturated heterocycles. The van der Waals surface area contributed by atoms with Crippen molar-refractivity contribution in [3.63, 3.8) is 0 Å². The Labute approximate surface area is 126 Å². The first-order valence-corrected chi connectivity index (χ1v) is 7.68. The van der Waals surface area contributed by atoms with Crippen LogP contribution in [0.5, 0.6) is 0 Å². The minimum absolute atomic E-state index is 0.123. The second-order valence-corrected chi connectivity index (χ2v) is 6.06. The lowest BCUT2D eigenvalue weighted by Crippen LogP contribution is -2.44. The van der Waals surface area contributed by atoms with E-state index < -0.39 is 0 Å². The standard InChI is InChI=1S/C16H23ClN2O/c1-12(14-6-3-7-15(17)9-14)16(20)19-8-4-5-13(11-19)10-18-2/h3,6-7,9,12-13,18H,4-5,8,10-11H2,1-2H3. The smallest absolute Gasteiger partial charge is 0.229 e. The minimum atomic E-state index is -0.123. The van der Waals surface area contributed by atoms with Crippen LogP contribution in [0.15, 0.2) is 24.3 Å². The maximum absolute atomic E-state index is 12.6. The molecule has 1 aromatic rings. The summed E-state index contributed by atoms with van der Waals surface area (Å²) >= 11 is 6.01. The number of nitrogens with one attached hydrogen (secondary N) is 1. The summed E-state index contributed by atoms with van der Waals surface area (Å²) in [5, 5.41) is 3.90. The van der Waals surface area contributed by atoms with Gasteiger partial charge in [-0.25, -0.2) is 0 Å². The Morgan fingerprint density at radius 2 is 2.35 bits per heavy atom. The van der Waals surface area contributed by atoms with Crippen LogP contribution < -0.4 is 5.32 Å². The van der Waals surface area contributed by atoms with E-state index in [-0.39, 0.29) is 11.8 Å². The lowest BCUT2D eigenvalue weighted by atomic mass is 9.94. The van der Waals surface area contributed by atoms with Crippen LogP contribution in [0, 0.1) is 5.92 Å². The maximum atomic E-state index is 12.6. The summed E-state index contributed by atoms with van der Waals surface area (Å²) in [6, 6.07) is 7.61. The molecule has 0 bridgehead atoms. The van der Waals surface area contributed by atoms with Crippen molar-refractivity contribution in [2.45, 2.75) is 25.7 Å². The molecule has 0 aromatic heterocycles. The van der Waals surface area contributed by atoms with Gasteiger partial charge in [-0.15, -0.1) is 0 Å². The van der Waals surface area contributed by atoms with Crippen molar-refractivity contribution < 1.29 is 4.79 Å². The molecule has 1 amide bonds. The number of likely N-dealkylation sites (tertiary alicyclic amines) is 1. The third-order valence-corrected chi connectivity index (χ3v) is 4.28. The number of hydrogen-bond donors (Lipinski definition) is 1. The summed E-state index contributed by atoms with van der Waals surface area (Å²) in [4.78, 5) is 14.6. The van der Waals surface area contributed by atoms with E-state index in [9.17, 15) is 4.79 Å². The molecule has 1 fully saturated rings. The van der Waals surface area contributed by atoms with Crippen molar-refractivity contribution in [3.8, 4) is 0 Å². The number of rotatable bonds is 4. The molecule has 1 N–H and O–H groups in total. The van der Waals surface area contributed by atoms with Crippen molar-refractivity contribution in [2.24, 2.45) is 5.92 Å². The molecule has 2 rings (SSSR count). The van der Waals surface area contributed by atoms with Gasteiger partial charge in [-0.05, 0) is 57.0 Å². The Bertz CT molecular complexity index is 462. The molecule has 0 spiro atoms. The first-order chi connectivity index (χ1) is 9.61. The van der Waals surface area contributed by atoms with Gasteiger partial charge in [0.1, 0.15) is 0 Å². The van der Waals surface area contributed by atoms with Crippen LogP contribution in [0.1, 0.15) is 31.2 Å². The molecule has 2 atom stereocenters. The quantitative estimate of drug-likeness (QED) is 0.926. The first-order valence-electron chi connectivity index (χ1n) is 7.30. The molecule has 1 aromatic carbocycles. The topological polar surface area (TPSA) is 32.3 Å². The molecule has 1 aliphatic rings. The predicted molar refractivity (Wildman–Crippen MR) is 83.1 cm³/mol. The van der Waals surface area contributed by atoms with Crippen LogP contribution in [0.25, 0.3) is 0 Å². The van der Waals surface area contributed by atoms with Gasteiger partial charge in [-0.2, -0.15) is 0 Å². The van der Waals surface area contributed by atoms with Gasteiger partial charge in [-0.1, -0.05) is 23.7 Å². The normalized spacial score (nSPS) is 20.8. The number of carbonyl (C=O) groups is 1. The van der Waals surface area contributed by atoms with Gasteiger partial charge in [0.25, 0.3) is 0 Å². The SMILES string of the molecule is CNCC1CCCN(C(=O)C(C)c2cccc(Cl)c2)C1. The second-order valence-electron chi connectivity index (χ2n) is 5.63. The lowest BCUT2D eigenvalue weighted by molar-refractivity contribution is -0.134. The van der Waals surface area contributed by atoms with Gasteiger partial charge < -0.3 is 10.2 Å². The first kappa shape index (κ1) is 15.3. The van der Waals surface area contributed by atoms with E-state index in [4.69, 9.17) is 11.6 Å². The van der Waals surface area contributed by atoms with E-state index in [0.29, 0.717) is 10.9 Å². The van der Waals surface area contributed by atoms with Crippen molar-refractivity contribution in [2.75, 3.05) is 26.7 Å². The van der Waals surface area contributed by atoms with Crippen LogP contribution in [-0.2, 0) is 4.79 Å². The molecular weight excluding hydrogens is 272 g/mol. The molecule has 0 saturated carbocycles. The highest BCUT2D eigenvalue weighted by Gasteiger charge is 2.27. The molecule has 1 aliphatic heterocycles. The molecule has 110 valence electrons. The van der Waals surface area contributed by atoms with Crippen molar-refractivity contribution in [1.82, 2.24) is 10.2 Å². The predicted octanol–water partition coefficient (Wildman–Crippen LogP) is 2.90. The van der Waals surface area contributed by atoms with Gasteiger partial charge in [-0.3, -0.25) is 4.79 Å². The zero-order valence-corrected chi connectivity index (χ0v) is 13.0. The fourth-order valence-corrected chi connectivity index (χ4v) is 3.11. The highest BCUT2D eigenvalue weighted by Crippen LogP contribution is 2.24. The van der Waals surface area contributed by atoms with Crippen molar-refractivity contribution in [1.29, 1.82) is 0 Å².